The Balaban J connectivity index is 1.81. The average Bonchev–Trinajstić information content (AvgIpc) is 2.86. The zero-order valence-electron chi connectivity index (χ0n) is 9.69. The van der Waals surface area contributed by atoms with Gasteiger partial charge in [-0.2, -0.15) is 5.26 Å². The van der Waals surface area contributed by atoms with Gasteiger partial charge in [0.05, 0.1) is 6.67 Å². The molecule has 0 radical (unpaired) electrons. The minimum absolute atomic E-state index is 0.464. The number of hydrogen-bond donors (Lipinski definition) is 1. The fourth-order valence-electron chi connectivity index (χ4n) is 2.78. The van der Waals surface area contributed by atoms with E-state index in [-0.39, 0.29) is 0 Å². The highest BCUT2D eigenvalue weighted by Crippen LogP contribution is 2.26. The molecular formula is C14H15N3. The summed E-state index contributed by atoms with van der Waals surface area (Å²) < 4.78 is 0. The highest BCUT2D eigenvalue weighted by atomic mass is 15.3. The summed E-state index contributed by atoms with van der Waals surface area (Å²) in [5, 5.41) is 12.2. The van der Waals surface area contributed by atoms with E-state index >= 15 is 0 Å². The summed E-state index contributed by atoms with van der Waals surface area (Å²) in [5.41, 5.74) is 3.68. The van der Waals surface area contributed by atoms with Gasteiger partial charge in [-0.3, -0.25) is 0 Å². The second-order valence-electron chi connectivity index (χ2n) is 4.64. The van der Waals surface area contributed by atoms with E-state index in [2.05, 4.69) is 40.6 Å². The predicted octanol–water partition coefficient (Wildman–Crippen LogP) is 1.77. The van der Waals surface area contributed by atoms with Crippen molar-refractivity contribution in [3.63, 3.8) is 0 Å². The van der Waals surface area contributed by atoms with E-state index in [4.69, 9.17) is 5.26 Å². The van der Waals surface area contributed by atoms with Crippen LogP contribution in [0.25, 0.3) is 0 Å². The molecule has 0 fully saturated rings. The molecule has 17 heavy (non-hydrogen) atoms. The molecule has 1 atom stereocenters. The van der Waals surface area contributed by atoms with E-state index in [0.29, 0.717) is 6.04 Å². The van der Waals surface area contributed by atoms with Gasteiger partial charge in [-0.15, -0.1) is 0 Å². The van der Waals surface area contributed by atoms with Crippen LogP contribution in [0.15, 0.2) is 36.2 Å². The molecule has 0 amide bonds. The van der Waals surface area contributed by atoms with Gasteiger partial charge in [0, 0.05) is 12.2 Å². The van der Waals surface area contributed by atoms with E-state index in [0.717, 1.165) is 31.6 Å². The van der Waals surface area contributed by atoms with Gasteiger partial charge in [0.25, 0.3) is 0 Å². The summed E-state index contributed by atoms with van der Waals surface area (Å²) in [4.78, 5) is 2.19. The van der Waals surface area contributed by atoms with Crippen molar-refractivity contribution in [2.75, 3.05) is 6.67 Å². The Morgan fingerprint density at radius 3 is 2.94 bits per heavy atom. The number of fused-ring (bicyclic) bond motifs is 1. The molecule has 3 rings (SSSR count). The van der Waals surface area contributed by atoms with Crippen LogP contribution in [-0.2, 0) is 12.8 Å². The van der Waals surface area contributed by atoms with Gasteiger partial charge >= 0.3 is 0 Å². The third-order valence-electron chi connectivity index (χ3n) is 3.69. The van der Waals surface area contributed by atoms with Crippen LogP contribution >= 0.6 is 0 Å². The second-order valence-corrected chi connectivity index (χ2v) is 4.64. The fourth-order valence-corrected chi connectivity index (χ4v) is 2.78. The Bertz CT molecular complexity index is 498. The van der Waals surface area contributed by atoms with Crippen LogP contribution in [0.5, 0.6) is 0 Å². The molecule has 1 heterocycles. The number of hydrogen-bond acceptors (Lipinski definition) is 3. The molecule has 1 aliphatic carbocycles. The van der Waals surface area contributed by atoms with Crippen LogP contribution in [0.3, 0.4) is 0 Å². The van der Waals surface area contributed by atoms with Crippen molar-refractivity contribution in [3.05, 3.63) is 47.3 Å². The zero-order valence-corrected chi connectivity index (χ0v) is 9.69. The van der Waals surface area contributed by atoms with Crippen molar-refractivity contribution in [3.8, 4) is 6.07 Å². The highest BCUT2D eigenvalue weighted by Gasteiger charge is 2.27. The second kappa shape index (κ2) is 4.14. The maximum absolute atomic E-state index is 9.06. The van der Waals surface area contributed by atoms with Gasteiger partial charge in [-0.05, 0) is 30.4 Å². The van der Waals surface area contributed by atoms with E-state index in [1.165, 1.54) is 11.1 Å². The molecule has 0 aromatic heterocycles. The minimum Gasteiger partial charge on any atom is -0.371 e. The van der Waals surface area contributed by atoms with Crippen LogP contribution in [0.2, 0.25) is 0 Å². The summed E-state index contributed by atoms with van der Waals surface area (Å²) in [5.74, 6) is 0. The standard InChI is InChI=1S/C14H15N3/c15-8-14-9-16-10-17(14)13-6-5-11-3-1-2-4-12(11)7-13/h1-4,9,13,16H,5-7,10H2/t13-/m0/s1. The molecule has 86 valence electrons. The molecule has 0 saturated heterocycles. The average molecular weight is 225 g/mol. The Hall–Kier alpha value is -1.95. The number of aryl methyl sites for hydroxylation is 1. The van der Waals surface area contributed by atoms with Gasteiger partial charge in [-0.25, -0.2) is 0 Å². The maximum atomic E-state index is 9.06. The van der Waals surface area contributed by atoms with Crippen molar-refractivity contribution in [1.29, 1.82) is 5.26 Å². The molecule has 2 aliphatic rings. The summed E-state index contributed by atoms with van der Waals surface area (Å²) in [6.45, 7) is 0.774. The zero-order chi connectivity index (χ0) is 11.7. The van der Waals surface area contributed by atoms with Crippen molar-refractivity contribution in [2.45, 2.75) is 25.3 Å². The summed E-state index contributed by atoms with van der Waals surface area (Å²) in [6, 6.07) is 11.4. The molecule has 0 bridgehead atoms. The van der Waals surface area contributed by atoms with Gasteiger partial charge < -0.3 is 10.2 Å². The number of nitriles is 1. The quantitative estimate of drug-likeness (QED) is 0.791. The summed E-state index contributed by atoms with van der Waals surface area (Å²) in [7, 11) is 0. The smallest absolute Gasteiger partial charge is 0.133 e. The lowest BCUT2D eigenvalue weighted by molar-refractivity contribution is 0.250. The minimum atomic E-state index is 0.464. The van der Waals surface area contributed by atoms with Crippen molar-refractivity contribution in [1.82, 2.24) is 10.2 Å². The monoisotopic (exact) mass is 225 g/mol. The first-order chi connectivity index (χ1) is 8.38. The topological polar surface area (TPSA) is 39.1 Å². The first-order valence-corrected chi connectivity index (χ1v) is 6.05. The fraction of sp³-hybridized carbons (Fsp3) is 0.357. The molecule has 0 saturated carbocycles. The number of nitrogens with one attached hydrogen (secondary N) is 1. The molecule has 3 nitrogen and oxygen atoms in total. The van der Waals surface area contributed by atoms with Gasteiger partial charge in [0.1, 0.15) is 11.8 Å². The maximum Gasteiger partial charge on any atom is 0.133 e. The van der Waals surface area contributed by atoms with E-state index < -0.39 is 0 Å². The largest absolute Gasteiger partial charge is 0.371 e. The van der Waals surface area contributed by atoms with Crippen LogP contribution in [0, 0.1) is 11.3 Å². The van der Waals surface area contributed by atoms with Crippen LogP contribution in [0.4, 0.5) is 0 Å². The van der Waals surface area contributed by atoms with Crippen LogP contribution in [-0.4, -0.2) is 17.6 Å². The third-order valence-corrected chi connectivity index (χ3v) is 3.69. The lowest BCUT2D eigenvalue weighted by Gasteiger charge is -2.33. The lowest BCUT2D eigenvalue weighted by Crippen LogP contribution is -2.38. The third kappa shape index (κ3) is 1.76. The normalized spacial score (nSPS) is 22.4. The summed E-state index contributed by atoms with van der Waals surface area (Å²) in [6.07, 6.45) is 5.13. The van der Waals surface area contributed by atoms with E-state index in [1.807, 2.05) is 6.20 Å². The first-order valence-electron chi connectivity index (χ1n) is 6.05. The van der Waals surface area contributed by atoms with Crippen molar-refractivity contribution in [2.24, 2.45) is 0 Å². The Kier molecular flexibility index (Phi) is 2.49. The molecular weight excluding hydrogens is 210 g/mol. The molecule has 3 heteroatoms. The molecule has 0 unspecified atom stereocenters. The van der Waals surface area contributed by atoms with Crippen LogP contribution in [0.1, 0.15) is 17.5 Å². The van der Waals surface area contributed by atoms with Crippen molar-refractivity contribution >= 4 is 0 Å². The molecule has 1 aromatic carbocycles. The van der Waals surface area contributed by atoms with E-state index in [1.54, 1.807) is 0 Å². The van der Waals surface area contributed by atoms with Crippen LogP contribution < -0.4 is 5.32 Å². The molecule has 1 N–H and O–H groups in total. The molecule has 0 spiro atoms. The molecule has 1 aromatic rings. The Morgan fingerprint density at radius 1 is 1.29 bits per heavy atom. The number of rotatable bonds is 1. The number of nitrogens with zero attached hydrogens (tertiary/aromatic N) is 2. The first kappa shape index (κ1) is 10.2. The van der Waals surface area contributed by atoms with Gasteiger partial charge in [0.2, 0.25) is 0 Å². The highest BCUT2D eigenvalue weighted by molar-refractivity contribution is 5.32. The SMILES string of the molecule is N#CC1=CNCN1[C@H]1CCc2ccccc2C1. The summed E-state index contributed by atoms with van der Waals surface area (Å²) >= 11 is 0. The van der Waals surface area contributed by atoms with Gasteiger partial charge in [-0.1, -0.05) is 24.3 Å². The Labute approximate surface area is 101 Å². The predicted molar refractivity (Wildman–Crippen MR) is 65.8 cm³/mol. The Morgan fingerprint density at radius 2 is 2.12 bits per heavy atom. The lowest BCUT2D eigenvalue weighted by atomic mass is 9.87. The van der Waals surface area contributed by atoms with E-state index in [9.17, 15) is 0 Å². The van der Waals surface area contributed by atoms with Crippen molar-refractivity contribution < 1.29 is 0 Å². The number of benzene rings is 1. The molecule has 1 aliphatic heterocycles. The van der Waals surface area contributed by atoms with Gasteiger partial charge in [0.15, 0.2) is 0 Å². The number of allylic oxidation sites excluding steroid dienone is 1.